The maximum Gasteiger partial charge on any atom is 0.0127 e. The second kappa shape index (κ2) is 4.52. The molecule has 1 rings (SSSR count). The summed E-state index contributed by atoms with van der Waals surface area (Å²) < 4.78 is 0. The number of likely N-dealkylation sites (tertiary alicyclic amines) is 1. The van der Waals surface area contributed by atoms with Gasteiger partial charge in [-0.15, -0.1) is 0 Å². The van der Waals surface area contributed by atoms with Crippen LogP contribution in [0.5, 0.6) is 0 Å². The molecule has 0 bridgehead atoms. The summed E-state index contributed by atoms with van der Waals surface area (Å²) in [5.41, 5.74) is 5.35. The molecule has 2 N–H and O–H groups in total. The Labute approximate surface area is 69.1 Å². The van der Waals surface area contributed by atoms with Crippen molar-refractivity contribution in [1.82, 2.24) is 4.90 Å². The Hall–Kier alpha value is -0.340. The molecule has 1 heterocycles. The Balaban J connectivity index is 2.20. The van der Waals surface area contributed by atoms with E-state index in [4.69, 9.17) is 5.73 Å². The van der Waals surface area contributed by atoms with Gasteiger partial charge in [0.15, 0.2) is 0 Å². The Bertz CT molecular complexity index is 132. The minimum Gasteiger partial charge on any atom is -0.327 e. The van der Waals surface area contributed by atoms with Crippen molar-refractivity contribution in [1.29, 1.82) is 0 Å². The van der Waals surface area contributed by atoms with Gasteiger partial charge in [-0.3, -0.25) is 0 Å². The molecule has 2 nitrogen and oxygen atoms in total. The second-order valence-electron chi connectivity index (χ2n) is 3.22. The fourth-order valence-electron chi connectivity index (χ4n) is 1.63. The van der Waals surface area contributed by atoms with Crippen molar-refractivity contribution in [3.63, 3.8) is 0 Å². The summed E-state index contributed by atoms with van der Waals surface area (Å²) in [7, 11) is 2.20. The van der Waals surface area contributed by atoms with E-state index in [9.17, 15) is 0 Å². The van der Waals surface area contributed by atoms with E-state index < -0.39 is 0 Å². The summed E-state index contributed by atoms with van der Waals surface area (Å²) in [6.07, 6.45) is 8.13. The standard InChI is InChI=1S/C9H18N2/c1-11-8-4-6-9(11)5-2-3-7-10/h2-3,9H,4-8,10H2,1H3/b3-2-. The van der Waals surface area contributed by atoms with Crippen LogP contribution in [0.25, 0.3) is 0 Å². The van der Waals surface area contributed by atoms with E-state index in [0.29, 0.717) is 6.54 Å². The van der Waals surface area contributed by atoms with Crippen molar-refractivity contribution in [2.45, 2.75) is 25.3 Å². The van der Waals surface area contributed by atoms with E-state index in [2.05, 4.69) is 18.0 Å². The third kappa shape index (κ3) is 2.64. The zero-order valence-corrected chi connectivity index (χ0v) is 7.29. The minimum atomic E-state index is 0.677. The number of hydrogen-bond acceptors (Lipinski definition) is 2. The fourth-order valence-corrected chi connectivity index (χ4v) is 1.63. The van der Waals surface area contributed by atoms with Crippen molar-refractivity contribution < 1.29 is 0 Å². The Morgan fingerprint density at radius 1 is 1.55 bits per heavy atom. The van der Waals surface area contributed by atoms with Crippen LogP contribution in [0.1, 0.15) is 19.3 Å². The number of hydrogen-bond donors (Lipinski definition) is 1. The van der Waals surface area contributed by atoms with Crippen LogP contribution in [0.15, 0.2) is 12.2 Å². The van der Waals surface area contributed by atoms with Gasteiger partial charge in [-0.1, -0.05) is 12.2 Å². The smallest absolute Gasteiger partial charge is 0.0127 e. The molecule has 0 aromatic rings. The third-order valence-corrected chi connectivity index (χ3v) is 2.38. The Morgan fingerprint density at radius 2 is 2.36 bits per heavy atom. The van der Waals surface area contributed by atoms with Gasteiger partial charge in [-0.25, -0.2) is 0 Å². The third-order valence-electron chi connectivity index (χ3n) is 2.38. The SMILES string of the molecule is CN1CCCC1C/C=C\CN. The zero-order valence-electron chi connectivity index (χ0n) is 7.29. The molecule has 0 radical (unpaired) electrons. The molecule has 0 saturated carbocycles. The Morgan fingerprint density at radius 3 is 2.91 bits per heavy atom. The van der Waals surface area contributed by atoms with E-state index in [0.717, 1.165) is 6.04 Å². The zero-order chi connectivity index (χ0) is 8.10. The van der Waals surface area contributed by atoms with Gasteiger partial charge in [0, 0.05) is 12.6 Å². The van der Waals surface area contributed by atoms with Crippen LogP contribution >= 0.6 is 0 Å². The summed E-state index contributed by atoms with van der Waals surface area (Å²) in [5, 5.41) is 0. The van der Waals surface area contributed by atoms with Crippen molar-refractivity contribution in [2.24, 2.45) is 5.73 Å². The maximum atomic E-state index is 5.35. The normalized spacial score (nSPS) is 26.9. The van der Waals surface area contributed by atoms with E-state index in [1.807, 2.05) is 6.08 Å². The number of nitrogens with two attached hydrogens (primary N) is 1. The molecule has 1 fully saturated rings. The first-order valence-electron chi connectivity index (χ1n) is 4.40. The number of nitrogens with zero attached hydrogens (tertiary/aromatic N) is 1. The molecule has 0 aromatic carbocycles. The molecule has 1 aliphatic rings. The summed E-state index contributed by atoms with van der Waals surface area (Å²) in [5.74, 6) is 0. The van der Waals surface area contributed by atoms with Crippen molar-refractivity contribution >= 4 is 0 Å². The lowest BCUT2D eigenvalue weighted by molar-refractivity contribution is 0.312. The van der Waals surface area contributed by atoms with E-state index >= 15 is 0 Å². The first-order valence-corrected chi connectivity index (χ1v) is 4.40. The van der Waals surface area contributed by atoms with Gasteiger partial charge in [0.25, 0.3) is 0 Å². The molecule has 1 saturated heterocycles. The van der Waals surface area contributed by atoms with Crippen LogP contribution in [0.4, 0.5) is 0 Å². The van der Waals surface area contributed by atoms with Gasteiger partial charge in [-0.05, 0) is 32.9 Å². The summed E-state index contributed by atoms with van der Waals surface area (Å²) in [6, 6.07) is 0.776. The maximum absolute atomic E-state index is 5.35. The predicted octanol–water partition coefficient (Wildman–Crippen LogP) is 0.986. The van der Waals surface area contributed by atoms with Crippen molar-refractivity contribution in [2.75, 3.05) is 20.1 Å². The van der Waals surface area contributed by atoms with Gasteiger partial charge in [0.2, 0.25) is 0 Å². The summed E-state index contributed by atoms with van der Waals surface area (Å²) in [6.45, 7) is 1.94. The molecular formula is C9H18N2. The topological polar surface area (TPSA) is 29.3 Å². The molecule has 11 heavy (non-hydrogen) atoms. The molecule has 64 valence electrons. The van der Waals surface area contributed by atoms with Gasteiger partial charge < -0.3 is 10.6 Å². The molecule has 1 aliphatic heterocycles. The predicted molar refractivity (Wildman–Crippen MR) is 48.5 cm³/mol. The average Bonchev–Trinajstić information content (AvgIpc) is 2.37. The summed E-state index contributed by atoms with van der Waals surface area (Å²) >= 11 is 0. The second-order valence-corrected chi connectivity index (χ2v) is 3.22. The highest BCUT2D eigenvalue weighted by Gasteiger charge is 2.18. The molecule has 1 atom stereocenters. The average molecular weight is 154 g/mol. The quantitative estimate of drug-likeness (QED) is 0.614. The molecule has 0 aliphatic carbocycles. The van der Waals surface area contributed by atoms with Crippen LogP contribution in [-0.2, 0) is 0 Å². The highest BCUT2D eigenvalue weighted by atomic mass is 15.1. The van der Waals surface area contributed by atoms with E-state index in [1.165, 1.54) is 25.8 Å². The first kappa shape index (κ1) is 8.75. The molecular weight excluding hydrogens is 136 g/mol. The highest BCUT2D eigenvalue weighted by Crippen LogP contribution is 2.17. The van der Waals surface area contributed by atoms with Crippen LogP contribution in [0.3, 0.4) is 0 Å². The first-order chi connectivity index (χ1) is 5.34. The number of rotatable bonds is 3. The van der Waals surface area contributed by atoms with Crippen LogP contribution in [0, 0.1) is 0 Å². The minimum absolute atomic E-state index is 0.677. The monoisotopic (exact) mass is 154 g/mol. The van der Waals surface area contributed by atoms with Crippen LogP contribution in [-0.4, -0.2) is 31.1 Å². The lowest BCUT2D eigenvalue weighted by atomic mass is 10.1. The van der Waals surface area contributed by atoms with Crippen LogP contribution < -0.4 is 5.73 Å². The highest BCUT2D eigenvalue weighted by molar-refractivity contribution is 4.89. The summed E-state index contributed by atoms with van der Waals surface area (Å²) in [4.78, 5) is 2.43. The van der Waals surface area contributed by atoms with Crippen LogP contribution in [0.2, 0.25) is 0 Å². The largest absolute Gasteiger partial charge is 0.327 e. The molecule has 0 spiro atoms. The molecule has 1 unspecified atom stereocenters. The Kier molecular flexibility index (Phi) is 3.60. The lowest BCUT2D eigenvalue weighted by Gasteiger charge is -2.16. The van der Waals surface area contributed by atoms with Gasteiger partial charge in [0.1, 0.15) is 0 Å². The lowest BCUT2D eigenvalue weighted by Crippen LogP contribution is -2.23. The van der Waals surface area contributed by atoms with Gasteiger partial charge in [0.05, 0.1) is 0 Å². The molecule has 0 amide bonds. The van der Waals surface area contributed by atoms with Gasteiger partial charge >= 0.3 is 0 Å². The van der Waals surface area contributed by atoms with E-state index in [-0.39, 0.29) is 0 Å². The van der Waals surface area contributed by atoms with Crippen molar-refractivity contribution in [3.8, 4) is 0 Å². The van der Waals surface area contributed by atoms with Gasteiger partial charge in [-0.2, -0.15) is 0 Å². The fraction of sp³-hybridized carbons (Fsp3) is 0.778. The van der Waals surface area contributed by atoms with E-state index in [1.54, 1.807) is 0 Å². The molecule has 2 heteroatoms. The molecule has 0 aromatic heterocycles. The van der Waals surface area contributed by atoms with Crippen molar-refractivity contribution in [3.05, 3.63) is 12.2 Å².